The maximum absolute atomic E-state index is 11.8. The third kappa shape index (κ3) is 1.63. The summed E-state index contributed by atoms with van der Waals surface area (Å²) < 4.78 is 2.87. The van der Waals surface area contributed by atoms with Crippen molar-refractivity contribution in [2.24, 2.45) is 0 Å². The molecule has 1 aromatic carbocycles. The molecule has 0 radical (unpaired) electrons. The minimum absolute atomic E-state index is 0.1000. The first-order valence-corrected chi connectivity index (χ1v) is 5.82. The second kappa shape index (κ2) is 4.03. The number of para-hydroxylation sites is 1. The molecule has 0 bridgehead atoms. The summed E-state index contributed by atoms with van der Waals surface area (Å²) >= 11 is 1.30. The number of nitrogens with zero attached hydrogens (tertiary/aromatic N) is 1. The molecule has 0 spiro atoms. The first-order valence-electron chi connectivity index (χ1n) is 5.00. The van der Waals surface area contributed by atoms with Gasteiger partial charge in [0, 0.05) is 0 Å². The minimum Gasteiger partial charge on any atom is -0.292 e. The highest BCUT2D eigenvalue weighted by Crippen LogP contribution is 2.22. The molecular weight excluding hydrogens is 206 g/mol. The van der Waals surface area contributed by atoms with Gasteiger partial charge in [0.05, 0.1) is 16.3 Å². The summed E-state index contributed by atoms with van der Waals surface area (Å²) in [5.74, 6) is 0. The second-order valence-electron chi connectivity index (χ2n) is 3.42. The van der Waals surface area contributed by atoms with Crippen molar-refractivity contribution in [1.82, 2.24) is 4.57 Å². The van der Waals surface area contributed by atoms with Crippen molar-refractivity contribution in [3.05, 3.63) is 46.6 Å². The van der Waals surface area contributed by atoms with Gasteiger partial charge in [0.1, 0.15) is 0 Å². The molecule has 1 heterocycles. The quantitative estimate of drug-likeness (QED) is 0.727. The average Bonchev–Trinajstić information content (AvgIpc) is 2.58. The van der Waals surface area contributed by atoms with Crippen LogP contribution in [0.3, 0.4) is 0 Å². The molecule has 1 atom stereocenters. The van der Waals surface area contributed by atoms with E-state index in [0.717, 1.165) is 16.6 Å². The maximum atomic E-state index is 11.8. The predicted octanol–water partition coefficient (Wildman–Crippen LogP) is 3.20. The fourth-order valence-electron chi connectivity index (χ4n) is 1.75. The summed E-state index contributed by atoms with van der Waals surface area (Å²) in [6.45, 7) is 5.84. The van der Waals surface area contributed by atoms with Gasteiger partial charge in [-0.1, -0.05) is 36.5 Å². The number of aromatic nitrogens is 1. The number of hydrogen-bond donors (Lipinski definition) is 0. The molecule has 0 amide bonds. The van der Waals surface area contributed by atoms with E-state index in [4.69, 9.17) is 0 Å². The number of thiazole rings is 1. The molecule has 78 valence electrons. The molecule has 15 heavy (non-hydrogen) atoms. The zero-order valence-corrected chi connectivity index (χ0v) is 9.46. The number of allylic oxidation sites excluding steroid dienone is 1. The van der Waals surface area contributed by atoms with Crippen molar-refractivity contribution in [2.45, 2.75) is 19.4 Å². The van der Waals surface area contributed by atoms with Crippen molar-refractivity contribution >= 4 is 21.6 Å². The first kappa shape index (κ1) is 10.2. The van der Waals surface area contributed by atoms with Gasteiger partial charge < -0.3 is 0 Å². The molecular formula is C12H13NOS. The highest BCUT2D eigenvalue weighted by atomic mass is 32.1. The Morgan fingerprint density at radius 1 is 1.53 bits per heavy atom. The van der Waals surface area contributed by atoms with Crippen LogP contribution in [0.4, 0.5) is 0 Å². The van der Waals surface area contributed by atoms with Crippen LogP contribution in [0.25, 0.3) is 10.2 Å². The Morgan fingerprint density at radius 3 is 2.93 bits per heavy atom. The van der Waals surface area contributed by atoms with E-state index in [-0.39, 0.29) is 10.9 Å². The van der Waals surface area contributed by atoms with Crippen LogP contribution in [0.5, 0.6) is 0 Å². The van der Waals surface area contributed by atoms with Gasteiger partial charge >= 0.3 is 4.87 Å². The van der Waals surface area contributed by atoms with Crippen LogP contribution >= 0.6 is 11.3 Å². The van der Waals surface area contributed by atoms with Gasteiger partial charge in [-0.25, -0.2) is 0 Å². The summed E-state index contributed by atoms with van der Waals surface area (Å²) in [6.07, 6.45) is 2.73. The third-order valence-corrected chi connectivity index (χ3v) is 3.48. The molecule has 0 aliphatic rings. The molecule has 2 nitrogen and oxygen atoms in total. The first-order chi connectivity index (χ1) is 7.27. The van der Waals surface area contributed by atoms with Crippen molar-refractivity contribution in [3.8, 4) is 0 Å². The monoisotopic (exact) mass is 219 g/mol. The van der Waals surface area contributed by atoms with E-state index >= 15 is 0 Å². The van der Waals surface area contributed by atoms with E-state index in [1.165, 1.54) is 11.3 Å². The van der Waals surface area contributed by atoms with Gasteiger partial charge in [-0.05, 0) is 18.6 Å². The van der Waals surface area contributed by atoms with Crippen LogP contribution in [-0.4, -0.2) is 4.57 Å². The largest absolute Gasteiger partial charge is 0.308 e. The summed E-state index contributed by atoms with van der Waals surface area (Å²) in [7, 11) is 0. The molecule has 0 saturated heterocycles. The van der Waals surface area contributed by atoms with E-state index in [0.29, 0.717) is 0 Å². The number of benzene rings is 1. The van der Waals surface area contributed by atoms with E-state index in [1.807, 2.05) is 34.9 Å². The number of rotatable bonds is 3. The van der Waals surface area contributed by atoms with Crippen LogP contribution in [0.15, 0.2) is 41.7 Å². The van der Waals surface area contributed by atoms with Crippen molar-refractivity contribution in [2.75, 3.05) is 0 Å². The molecule has 2 rings (SSSR count). The molecule has 3 heteroatoms. The minimum atomic E-state index is 0.1000. The average molecular weight is 219 g/mol. The summed E-state index contributed by atoms with van der Waals surface area (Å²) in [6, 6.07) is 7.99. The van der Waals surface area contributed by atoms with Gasteiger partial charge in [-0.3, -0.25) is 9.36 Å². The smallest absolute Gasteiger partial charge is 0.292 e. The normalized spacial score (nSPS) is 12.9. The highest BCUT2D eigenvalue weighted by Gasteiger charge is 2.12. The Labute approximate surface area is 92.5 Å². The van der Waals surface area contributed by atoms with Gasteiger partial charge in [-0.15, -0.1) is 6.58 Å². The SMILES string of the molecule is C=C[C@H](CC)n1c(=O)sc2ccccc21. The molecule has 0 aliphatic carbocycles. The zero-order chi connectivity index (χ0) is 10.8. The standard InChI is InChI=1S/C12H13NOS/c1-3-9(4-2)13-10-7-5-6-8-11(10)15-12(13)14/h3,5-9H,1,4H2,2H3/t9-/m1/s1. The lowest BCUT2D eigenvalue weighted by atomic mass is 10.2. The lowest BCUT2D eigenvalue weighted by molar-refractivity contribution is 0.596. The van der Waals surface area contributed by atoms with E-state index < -0.39 is 0 Å². The Morgan fingerprint density at radius 2 is 2.27 bits per heavy atom. The van der Waals surface area contributed by atoms with Gasteiger partial charge in [-0.2, -0.15) is 0 Å². The van der Waals surface area contributed by atoms with E-state index in [1.54, 1.807) is 0 Å². The van der Waals surface area contributed by atoms with Crippen LogP contribution < -0.4 is 4.87 Å². The van der Waals surface area contributed by atoms with Crippen LogP contribution in [0.1, 0.15) is 19.4 Å². The summed E-state index contributed by atoms with van der Waals surface area (Å²) in [4.78, 5) is 11.9. The van der Waals surface area contributed by atoms with Crippen LogP contribution in [0.2, 0.25) is 0 Å². The molecule has 2 aromatic rings. The molecule has 0 aliphatic heterocycles. The second-order valence-corrected chi connectivity index (χ2v) is 4.41. The third-order valence-electron chi connectivity index (χ3n) is 2.54. The van der Waals surface area contributed by atoms with Crippen LogP contribution in [0, 0.1) is 0 Å². The fraction of sp³-hybridized carbons (Fsp3) is 0.250. The molecule has 0 saturated carbocycles. The van der Waals surface area contributed by atoms with Crippen LogP contribution in [-0.2, 0) is 0 Å². The van der Waals surface area contributed by atoms with Crippen molar-refractivity contribution in [3.63, 3.8) is 0 Å². The van der Waals surface area contributed by atoms with Crippen molar-refractivity contribution < 1.29 is 0 Å². The molecule has 0 unspecified atom stereocenters. The number of fused-ring (bicyclic) bond motifs is 1. The van der Waals surface area contributed by atoms with Crippen molar-refractivity contribution in [1.29, 1.82) is 0 Å². The Bertz CT molecular complexity index is 538. The number of hydrogen-bond acceptors (Lipinski definition) is 2. The lowest BCUT2D eigenvalue weighted by Crippen LogP contribution is -2.17. The Hall–Kier alpha value is -1.35. The van der Waals surface area contributed by atoms with Gasteiger partial charge in [0.2, 0.25) is 0 Å². The van der Waals surface area contributed by atoms with Gasteiger partial charge in [0.25, 0.3) is 0 Å². The summed E-state index contributed by atoms with van der Waals surface area (Å²) in [5.41, 5.74) is 1.01. The summed E-state index contributed by atoms with van der Waals surface area (Å²) in [5, 5.41) is 0. The van der Waals surface area contributed by atoms with Gasteiger partial charge in [0.15, 0.2) is 0 Å². The molecule has 0 N–H and O–H groups in total. The topological polar surface area (TPSA) is 22.0 Å². The maximum Gasteiger partial charge on any atom is 0.308 e. The lowest BCUT2D eigenvalue weighted by Gasteiger charge is -2.11. The fourth-order valence-corrected chi connectivity index (χ4v) is 2.69. The molecule has 0 fully saturated rings. The Balaban J connectivity index is 2.73. The highest BCUT2D eigenvalue weighted by molar-refractivity contribution is 7.16. The van der Waals surface area contributed by atoms with E-state index in [2.05, 4.69) is 13.5 Å². The van der Waals surface area contributed by atoms with E-state index in [9.17, 15) is 4.79 Å². The Kier molecular flexibility index (Phi) is 2.73. The molecule has 1 aromatic heterocycles. The zero-order valence-electron chi connectivity index (χ0n) is 8.64. The predicted molar refractivity (Wildman–Crippen MR) is 65.6 cm³/mol.